The lowest BCUT2D eigenvalue weighted by Gasteiger charge is -2.28. The Kier molecular flexibility index (Phi) is 9.18. The van der Waals surface area contributed by atoms with Crippen LogP contribution in [0.1, 0.15) is 61.9 Å². The summed E-state index contributed by atoms with van der Waals surface area (Å²) in [5.41, 5.74) is 1.47. The molecule has 180 valence electrons. The van der Waals surface area contributed by atoms with Gasteiger partial charge in [-0.1, -0.05) is 38.8 Å². The van der Waals surface area contributed by atoms with Crippen molar-refractivity contribution in [1.82, 2.24) is 4.90 Å². The highest BCUT2D eigenvalue weighted by molar-refractivity contribution is 7.91. The molecule has 7 heteroatoms. The summed E-state index contributed by atoms with van der Waals surface area (Å²) < 4.78 is 35.6. The molecular weight excluding hydrogens is 438 g/mol. The quantitative estimate of drug-likeness (QED) is 0.411. The number of rotatable bonds is 12. The number of sulfone groups is 1. The van der Waals surface area contributed by atoms with Crippen molar-refractivity contribution in [1.29, 1.82) is 0 Å². The van der Waals surface area contributed by atoms with Crippen molar-refractivity contribution in [3.05, 3.63) is 59.7 Å². The van der Waals surface area contributed by atoms with Gasteiger partial charge in [0.2, 0.25) is 0 Å². The van der Waals surface area contributed by atoms with Crippen molar-refractivity contribution < 1.29 is 22.7 Å². The highest BCUT2D eigenvalue weighted by Gasteiger charge is 2.35. The van der Waals surface area contributed by atoms with E-state index in [1.807, 2.05) is 36.4 Å². The van der Waals surface area contributed by atoms with Crippen LogP contribution in [0.25, 0.3) is 0 Å². The number of ether oxygens (including phenoxy) is 2. The summed E-state index contributed by atoms with van der Waals surface area (Å²) in [6.07, 6.45) is 4.66. The van der Waals surface area contributed by atoms with Crippen LogP contribution in [-0.4, -0.2) is 50.0 Å². The largest absolute Gasteiger partial charge is 0.494 e. The minimum Gasteiger partial charge on any atom is -0.494 e. The van der Waals surface area contributed by atoms with Crippen LogP contribution >= 0.6 is 0 Å². The third-order valence-corrected chi connectivity index (χ3v) is 7.53. The van der Waals surface area contributed by atoms with Crippen LogP contribution in [-0.2, 0) is 16.4 Å². The van der Waals surface area contributed by atoms with Crippen molar-refractivity contribution in [2.24, 2.45) is 0 Å². The lowest BCUT2D eigenvalue weighted by molar-refractivity contribution is 0.0681. The molecule has 1 amide bonds. The summed E-state index contributed by atoms with van der Waals surface area (Å²) in [5.74, 6) is 1.49. The number of carbonyl (C=O) groups is 1. The van der Waals surface area contributed by atoms with Gasteiger partial charge in [-0.3, -0.25) is 4.79 Å². The van der Waals surface area contributed by atoms with Crippen LogP contribution in [0, 0.1) is 0 Å². The Labute approximate surface area is 197 Å². The molecule has 1 heterocycles. The Morgan fingerprint density at radius 3 is 2.12 bits per heavy atom. The average Bonchev–Trinajstić information content (AvgIpc) is 3.19. The second kappa shape index (κ2) is 12.1. The van der Waals surface area contributed by atoms with Gasteiger partial charge in [0.1, 0.15) is 11.5 Å². The van der Waals surface area contributed by atoms with Gasteiger partial charge in [-0.25, -0.2) is 8.42 Å². The van der Waals surface area contributed by atoms with Crippen molar-refractivity contribution in [2.75, 3.05) is 24.7 Å². The van der Waals surface area contributed by atoms with E-state index in [1.54, 1.807) is 17.0 Å². The van der Waals surface area contributed by atoms with Crippen LogP contribution in [0.3, 0.4) is 0 Å². The summed E-state index contributed by atoms with van der Waals surface area (Å²) in [6, 6.07) is 14.5. The van der Waals surface area contributed by atoms with E-state index in [1.165, 1.54) is 0 Å². The molecule has 1 aliphatic rings. The number of unbranched alkanes of at least 4 members (excludes halogenated alkanes) is 2. The van der Waals surface area contributed by atoms with Gasteiger partial charge in [0, 0.05) is 18.2 Å². The molecule has 1 aliphatic heterocycles. The van der Waals surface area contributed by atoms with Crippen molar-refractivity contribution in [2.45, 2.75) is 58.5 Å². The first-order valence-corrected chi connectivity index (χ1v) is 13.7. The molecule has 0 saturated carbocycles. The topological polar surface area (TPSA) is 72.9 Å². The molecule has 3 rings (SSSR count). The fourth-order valence-electron chi connectivity index (χ4n) is 3.90. The number of hydrogen-bond acceptors (Lipinski definition) is 5. The third kappa shape index (κ3) is 7.49. The second-order valence-electron chi connectivity index (χ2n) is 8.56. The summed E-state index contributed by atoms with van der Waals surface area (Å²) in [7, 11) is -3.12. The highest BCUT2D eigenvalue weighted by Crippen LogP contribution is 2.24. The molecule has 0 bridgehead atoms. The Morgan fingerprint density at radius 2 is 1.55 bits per heavy atom. The van der Waals surface area contributed by atoms with Crippen molar-refractivity contribution in [3.63, 3.8) is 0 Å². The molecular formula is C26H35NO5S. The van der Waals surface area contributed by atoms with E-state index in [2.05, 4.69) is 13.8 Å². The number of amides is 1. The van der Waals surface area contributed by atoms with Crippen LogP contribution in [0.15, 0.2) is 48.5 Å². The Bertz CT molecular complexity index is 986. The monoisotopic (exact) mass is 473 g/mol. The lowest BCUT2D eigenvalue weighted by atomic mass is 10.1. The first-order chi connectivity index (χ1) is 15.9. The fourth-order valence-corrected chi connectivity index (χ4v) is 5.63. The van der Waals surface area contributed by atoms with E-state index < -0.39 is 9.84 Å². The number of benzene rings is 2. The fraction of sp³-hybridized carbons (Fsp3) is 0.500. The van der Waals surface area contributed by atoms with Crippen LogP contribution in [0.4, 0.5) is 0 Å². The van der Waals surface area contributed by atoms with Gasteiger partial charge in [-0.15, -0.1) is 0 Å². The minimum absolute atomic E-state index is 0.00899. The van der Waals surface area contributed by atoms with Crippen LogP contribution in [0.5, 0.6) is 11.5 Å². The Morgan fingerprint density at radius 1 is 0.909 bits per heavy atom. The summed E-state index contributed by atoms with van der Waals surface area (Å²) in [6.45, 7) is 5.87. The van der Waals surface area contributed by atoms with Crippen molar-refractivity contribution >= 4 is 15.7 Å². The highest BCUT2D eigenvalue weighted by atomic mass is 32.2. The predicted octanol–water partition coefficient (Wildman–Crippen LogP) is 4.87. The summed E-state index contributed by atoms with van der Waals surface area (Å²) in [4.78, 5) is 15.1. The van der Waals surface area contributed by atoms with Gasteiger partial charge in [0.25, 0.3) is 5.91 Å². The molecule has 33 heavy (non-hydrogen) atoms. The van der Waals surface area contributed by atoms with E-state index in [4.69, 9.17) is 9.47 Å². The molecule has 1 saturated heterocycles. The Hall–Kier alpha value is -2.54. The molecule has 1 fully saturated rings. The molecule has 2 aromatic rings. The predicted molar refractivity (Wildman–Crippen MR) is 131 cm³/mol. The van der Waals surface area contributed by atoms with Crippen molar-refractivity contribution in [3.8, 4) is 11.5 Å². The molecule has 0 spiro atoms. The molecule has 6 nitrogen and oxygen atoms in total. The summed E-state index contributed by atoms with van der Waals surface area (Å²) in [5, 5.41) is 0. The minimum atomic E-state index is -3.12. The maximum Gasteiger partial charge on any atom is 0.254 e. The van der Waals surface area contributed by atoms with Gasteiger partial charge >= 0.3 is 0 Å². The van der Waals surface area contributed by atoms with Gasteiger partial charge in [0.15, 0.2) is 9.84 Å². The second-order valence-corrected chi connectivity index (χ2v) is 10.8. The maximum absolute atomic E-state index is 13.4. The molecule has 0 radical (unpaired) electrons. The van der Waals surface area contributed by atoms with Gasteiger partial charge in [0.05, 0.1) is 24.7 Å². The zero-order valence-electron chi connectivity index (χ0n) is 19.7. The van der Waals surface area contributed by atoms with E-state index in [-0.39, 0.29) is 23.5 Å². The third-order valence-electron chi connectivity index (χ3n) is 5.78. The van der Waals surface area contributed by atoms with Gasteiger partial charge < -0.3 is 14.4 Å². The summed E-state index contributed by atoms with van der Waals surface area (Å²) >= 11 is 0. The Balaban J connectivity index is 1.73. The zero-order valence-corrected chi connectivity index (χ0v) is 20.5. The molecule has 1 atom stereocenters. The van der Waals surface area contributed by atoms with Crippen LogP contribution in [0.2, 0.25) is 0 Å². The lowest BCUT2D eigenvalue weighted by Crippen LogP contribution is -2.40. The van der Waals surface area contributed by atoms with E-state index in [0.717, 1.165) is 42.7 Å². The van der Waals surface area contributed by atoms with E-state index in [0.29, 0.717) is 31.7 Å². The SMILES string of the molecule is CCCCCOc1ccc(C(=O)N(Cc2ccc(OCCC)cc2)C2CCS(=O)(=O)C2)cc1. The molecule has 0 aromatic heterocycles. The zero-order chi connectivity index (χ0) is 23.7. The van der Waals surface area contributed by atoms with E-state index >= 15 is 0 Å². The number of carbonyl (C=O) groups excluding carboxylic acids is 1. The van der Waals surface area contributed by atoms with E-state index in [9.17, 15) is 13.2 Å². The number of hydrogen-bond donors (Lipinski definition) is 0. The first kappa shape index (κ1) is 25.1. The first-order valence-electron chi connectivity index (χ1n) is 11.9. The standard InChI is InChI=1S/C26H35NO5S/c1-3-5-6-17-32-25-13-9-22(10-14-25)26(28)27(23-15-18-33(29,30)20-23)19-21-7-11-24(12-8-21)31-16-4-2/h7-14,23H,3-6,15-20H2,1-2H3. The average molecular weight is 474 g/mol. The molecule has 0 aliphatic carbocycles. The number of nitrogens with zero attached hydrogens (tertiary/aromatic N) is 1. The molecule has 1 unspecified atom stereocenters. The molecule has 2 aromatic carbocycles. The smallest absolute Gasteiger partial charge is 0.254 e. The van der Waals surface area contributed by atoms with Crippen LogP contribution < -0.4 is 9.47 Å². The molecule has 0 N–H and O–H groups in total. The van der Waals surface area contributed by atoms with Gasteiger partial charge in [-0.05, 0) is 61.2 Å². The van der Waals surface area contributed by atoms with Gasteiger partial charge in [-0.2, -0.15) is 0 Å². The normalized spacial score (nSPS) is 17.0. The maximum atomic E-state index is 13.4.